The van der Waals surface area contributed by atoms with Crippen molar-refractivity contribution in [2.75, 3.05) is 32.7 Å². The van der Waals surface area contributed by atoms with Crippen molar-refractivity contribution in [2.24, 2.45) is 0 Å². The highest BCUT2D eigenvalue weighted by Gasteiger charge is 2.46. The summed E-state index contributed by atoms with van der Waals surface area (Å²) in [7, 11) is 0. The van der Waals surface area contributed by atoms with Gasteiger partial charge in [0.05, 0.1) is 6.04 Å². The van der Waals surface area contributed by atoms with Gasteiger partial charge in [-0.15, -0.1) is 0 Å². The van der Waals surface area contributed by atoms with Crippen LogP contribution in [0.3, 0.4) is 0 Å². The number of rotatable bonds is 6. The fourth-order valence-electron chi connectivity index (χ4n) is 5.41. The van der Waals surface area contributed by atoms with E-state index in [4.69, 9.17) is 0 Å². The smallest absolute Gasteiger partial charge is 0.240 e. The number of amides is 1. The zero-order valence-electron chi connectivity index (χ0n) is 16.5. The molecule has 0 bridgehead atoms. The number of carbonyl (C=O) groups is 1. The fourth-order valence-corrected chi connectivity index (χ4v) is 5.41. The van der Waals surface area contributed by atoms with Gasteiger partial charge in [0.2, 0.25) is 5.91 Å². The molecule has 148 valence electrons. The van der Waals surface area contributed by atoms with Crippen LogP contribution in [0.2, 0.25) is 0 Å². The van der Waals surface area contributed by atoms with Crippen LogP contribution in [0.15, 0.2) is 24.5 Å². The predicted octanol–water partition coefficient (Wildman–Crippen LogP) is 3.13. The zero-order chi connectivity index (χ0) is 18.5. The number of hydrogen-bond donors (Lipinski definition) is 1. The van der Waals surface area contributed by atoms with E-state index < -0.39 is 0 Å². The minimum Gasteiger partial charge on any atom is -0.353 e. The van der Waals surface area contributed by atoms with Crippen LogP contribution in [0.25, 0.3) is 0 Å². The molecular weight excluding hydrogens is 336 g/mol. The van der Waals surface area contributed by atoms with Crippen molar-refractivity contribution in [3.63, 3.8) is 0 Å². The van der Waals surface area contributed by atoms with E-state index >= 15 is 0 Å². The number of nitrogens with one attached hydrogen (secondary N) is 1. The molecule has 4 rings (SSSR count). The predicted molar refractivity (Wildman–Crippen MR) is 107 cm³/mol. The highest BCUT2D eigenvalue weighted by atomic mass is 16.2. The van der Waals surface area contributed by atoms with Crippen LogP contribution >= 0.6 is 0 Å². The average Bonchev–Trinajstić information content (AvgIpc) is 3.42. The van der Waals surface area contributed by atoms with Gasteiger partial charge >= 0.3 is 0 Å². The van der Waals surface area contributed by atoms with Crippen molar-refractivity contribution < 1.29 is 4.79 Å². The Balaban J connectivity index is 1.47. The number of hydrogen-bond acceptors (Lipinski definition) is 4. The Morgan fingerprint density at radius 3 is 2.41 bits per heavy atom. The van der Waals surface area contributed by atoms with Gasteiger partial charge in [0.15, 0.2) is 0 Å². The number of pyridine rings is 1. The van der Waals surface area contributed by atoms with Crippen molar-refractivity contribution in [2.45, 2.75) is 69.4 Å². The van der Waals surface area contributed by atoms with Gasteiger partial charge < -0.3 is 5.32 Å². The van der Waals surface area contributed by atoms with E-state index in [0.29, 0.717) is 6.54 Å². The number of carbonyl (C=O) groups excluding carboxylic acids is 1. The fraction of sp³-hybridized carbons (Fsp3) is 0.727. The Morgan fingerprint density at radius 2 is 1.74 bits per heavy atom. The molecule has 1 atom stereocenters. The second-order valence-electron chi connectivity index (χ2n) is 8.54. The molecule has 3 heterocycles. The van der Waals surface area contributed by atoms with Gasteiger partial charge in [-0.3, -0.25) is 19.6 Å². The standard InChI is InChI=1S/C22H34N4O/c27-21(22(10-2-3-11-22)26-15-6-7-16-26)24-18-20(19-9-8-12-23-17-19)25-13-4-1-5-14-25/h8-9,12,17,20H,1-7,10-11,13-16,18H2,(H,24,27). The van der Waals surface area contributed by atoms with Crippen LogP contribution in [0.1, 0.15) is 69.4 Å². The molecule has 0 aromatic carbocycles. The van der Waals surface area contributed by atoms with E-state index in [2.05, 4.69) is 26.2 Å². The van der Waals surface area contributed by atoms with Crippen molar-refractivity contribution in [1.82, 2.24) is 20.1 Å². The molecule has 1 amide bonds. The van der Waals surface area contributed by atoms with E-state index in [9.17, 15) is 4.79 Å². The molecule has 2 saturated heterocycles. The molecular formula is C22H34N4O. The molecule has 3 fully saturated rings. The maximum Gasteiger partial charge on any atom is 0.240 e. The van der Waals surface area contributed by atoms with Gasteiger partial charge in [-0.2, -0.15) is 0 Å². The average molecular weight is 371 g/mol. The third-order valence-electron chi connectivity index (χ3n) is 6.92. The number of piperidine rings is 1. The monoisotopic (exact) mass is 370 g/mol. The van der Waals surface area contributed by atoms with E-state index in [1.165, 1.54) is 50.5 Å². The molecule has 0 radical (unpaired) electrons. The lowest BCUT2D eigenvalue weighted by Gasteiger charge is -2.39. The topological polar surface area (TPSA) is 48.5 Å². The van der Waals surface area contributed by atoms with E-state index in [1.54, 1.807) is 0 Å². The zero-order valence-corrected chi connectivity index (χ0v) is 16.5. The van der Waals surface area contributed by atoms with Crippen LogP contribution in [0, 0.1) is 0 Å². The largest absolute Gasteiger partial charge is 0.353 e. The minimum absolute atomic E-state index is 0.236. The quantitative estimate of drug-likeness (QED) is 0.836. The first-order valence-electron chi connectivity index (χ1n) is 11.0. The summed E-state index contributed by atoms with van der Waals surface area (Å²) in [6.45, 7) is 5.11. The second-order valence-corrected chi connectivity index (χ2v) is 8.54. The van der Waals surface area contributed by atoms with Gasteiger partial charge in [0, 0.05) is 18.9 Å². The first-order valence-corrected chi connectivity index (χ1v) is 11.0. The Kier molecular flexibility index (Phi) is 6.08. The van der Waals surface area contributed by atoms with Gasteiger partial charge in [-0.05, 0) is 76.3 Å². The van der Waals surface area contributed by atoms with Gasteiger partial charge in [0.25, 0.3) is 0 Å². The maximum atomic E-state index is 13.4. The van der Waals surface area contributed by atoms with Gasteiger partial charge in [-0.25, -0.2) is 0 Å². The summed E-state index contributed by atoms with van der Waals surface area (Å²) in [5, 5.41) is 3.39. The van der Waals surface area contributed by atoms with Crippen LogP contribution in [0.4, 0.5) is 0 Å². The third-order valence-corrected chi connectivity index (χ3v) is 6.92. The SMILES string of the molecule is O=C(NCC(c1cccnc1)N1CCCCC1)C1(N2CCCC2)CCCC1. The van der Waals surface area contributed by atoms with Crippen molar-refractivity contribution in [3.8, 4) is 0 Å². The summed E-state index contributed by atoms with van der Waals surface area (Å²) in [5.41, 5.74) is 0.985. The van der Waals surface area contributed by atoms with Crippen molar-refractivity contribution in [1.29, 1.82) is 0 Å². The number of aromatic nitrogens is 1. The molecule has 2 aliphatic heterocycles. The highest BCUT2D eigenvalue weighted by molar-refractivity contribution is 5.86. The van der Waals surface area contributed by atoms with Crippen molar-refractivity contribution >= 4 is 5.91 Å². The summed E-state index contributed by atoms with van der Waals surface area (Å²) in [6, 6.07) is 4.40. The van der Waals surface area contributed by atoms with Crippen molar-refractivity contribution in [3.05, 3.63) is 30.1 Å². The first-order chi connectivity index (χ1) is 13.3. The Morgan fingerprint density at radius 1 is 1.04 bits per heavy atom. The highest BCUT2D eigenvalue weighted by Crippen LogP contribution is 2.38. The minimum atomic E-state index is -0.238. The molecule has 5 heteroatoms. The van der Waals surface area contributed by atoms with E-state index in [1.807, 2.05) is 18.5 Å². The third kappa shape index (κ3) is 4.04. The maximum absolute atomic E-state index is 13.4. The lowest BCUT2D eigenvalue weighted by molar-refractivity contribution is -0.133. The number of nitrogens with zero attached hydrogens (tertiary/aromatic N) is 3. The Hall–Kier alpha value is -1.46. The molecule has 1 aliphatic carbocycles. The molecule has 1 N–H and O–H groups in total. The first kappa shape index (κ1) is 18.9. The lowest BCUT2D eigenvalue weighted by atomic mass is 9.93. The second kappa shape index (κ2) is 8.70. The van der Waals surface area contributed by atoms with E-state index in [-0.39, 0.29) is 17.5 Å². The molecule has 1 aromatic rings. The van der Waals surface area contributed by atoms with Crippen LogP contribution in [0.5, 0.6) is 0 Å². The summed E-state index contributed by atoms with van der Waals surface area (Å²) in [6.07, 6.45) is 14.5. The van der Waals surface area contributed by atoms with Crippen LogP contribution in [-0.4, -0.2) is 59.0 Å². The van der Waals surface area contributed by atoms with Crippen LogP contribution < -0.4 is 5.32 Å². The molecule has 5 nitrogen and oxygen atoms in total. The number of likely N-dealkylation sites (tertiary alicyclic amines) is 2. The molecule has 27 heavy (non-hydrogen) atoms. The molecule has 0 spiro atoms. The lowest BCUT2D eigenvalue weighted by Crippen LogP contribution is -2.57. The summed E-state index contributed by atoms with van der Waals surface area (Å²) >= 11 is 0. The molecule has 1 unspecified atom stereocenters. The van der Waals surface area contributed by atoms with Gasteiger partial charge in [-0.1, -0.05) is 25.3 Å². The molecule has 1 aromatic heterocycles. The Bertz CT molecular complexity index is 602. The summed E-state index contributed by atoms with van der Waals surface area (Å²) < 4.78 is 0. The Labute approximate surface area is 163 Å². The molecule has 3 aliphatic rings. The van der Waals surface area contributed by atoms with E-state index in [0.717, 1.165) is 39.0 Å². The summed E-state index contributed by atoms with van der Waals surface area (Å²) in [5.74, 6) is 0.271. The summed E-state index contributed by atoms with van der Waals surface area (Å²) in [4.78, 5) is 22.7. The normalized spacial score (nSPS) is 24.7. The molecule has 1 saturated carbocycles. The van der Waals surface area contributed by atoms with Gasteiger partial charge in [0.1, 0.15) is 5.54 Å². The van der Waals surface area contributed by atoms with Crippen LogP contribution in [-0.2, 0) is 4.79 Å².